The Morgan fingerprint density at radius 3 is 2.34 bits per heavy atom. The van der Waals surface area contributed by atoms with Crippen molar-refractivity contribution in [3.8, 4) is 0 Å². The Hall–Kier alpha value is -2.08. The first-order valence-corrected chi connectivity index (χ1v) is 16.4. The van der Waals surface area contributed by atoms with Gasteiger partial charge in [0.05, 0.1) is 0 Å². The van der Waals surface area contributed by atoms with Gasteiger partial charge in [-0.2, -0.15) is 0 Å². The number of allylic oxidation sites excluding steroid dienone is 1. The molecule has 2 saturated heterocycles. The molecule has 2 aromatic carbocycles. The van der Waals surface area contributed by atoms with Crippen LogP contribution in [0.3, 0.4) is 0 Å². The summed E-state index contributed by atoms with van der Waals surface area (Å²) in [6, 6.07) is 16.9. The number of hydrogen-bond donors (Lipinski definition) is 0. The number of piperazine rings is 1. The predicted molar refractivity (Wildman–Crippen MR) is 164 cm³/mol. The van der Waals surface area contributed by atoms with Crippen molar-refractivity contribution < 1.29 is 4.39 Å². The molecule has 2 heterocycles. The second kappa shape index (κ2) is 11.6. The second-order valence-corrected chi connectivity index (χ2v) is 14.6. The van der Waals surface area contributed by atoms with Gasteiger partial charge in [0.1, 0.15) is 5.82 Å². The zero-order chi connectivity index (χ0) is 26.9. The highest BCUT2D eigenvalue weighted by molar-refractivity contribution is 8.25. The SMILES string of the molecule is C=C(CC[C@H]1CCC[C@@H](c2ccc(F)cc2)N1S(=C)(=C)c1ccc(C)cc1)N1CCN(CC2CC2)CC1C. The minimum absolute atomic E-state index is 0.184. The lowest BCUT2D eigenvalue weighted by atomic mass is 9.91. The van der Waals surface area contributed by atoms with E-state index in [4.69, 9.17) is 11.7 Å². The first-order chi connectivity index (χ1) is 18.2. The summed E-state index contributed by atoms with van der Waals surface area (Å²) in [6.45, 7) is 13.7. The fourth-order valence-electron chi connectivity index (χ4n) is 6.58. The summed E-state index contributed by atoms with van der Waals surface area (Å²) in [6.07, 6.45) is 8.24. The molecule has 1 aliphatic carbocycles. The van der Waals surface area contributed by atoms with E-state index in [0.29, 0.717) is 12.1 Å². The van der Waals surface area contributed by atoms with E-state index < -0.39 is 9.39 Å². The molecule has 5 rings (SSSR count). The highest BCUT2D eigenvalue weighted by Crippen LogP contribution is 2.50. The molecule has 38 heavy (non-hydrogen) atoms. The van der Waals surface area contributed by atoms with Crippen LogP contribution in [-0.4, -0.2) is 64.1 Å². The van der Waals surface area contributed by atoms with Crippen LogP contribution in [0.2, 0.25) is 0 Å². The van der Waals surface area contributed by atoms with Gasteiger partial charge in [-0.3, -0.25) is 4.90 Å². The van der Waals surface area contributed by atoms with E-state index in [2.05, 4.69) is 58.8 Å². The lowest BCUT2D eigenvalue weighted by Crippen LogP contribution is -2.51. The minimum Gasteiger partial charge on any atom is -0.370 e. The molecule has 2 aliphatic heterocycles. The Labute approximate surface area is 230 Å². The summed E-state index contributed by atoms with van der Waals surface area (Å²) in [5.41, 5.74) is 3.69. The van der Waals surface area contributed by atoms with E-state index in [9.17, 15) is 4.39 Å². The average molecular weight is 536 g/mol. The Morgan fingerprint density at radius 2 is 1.68 bits per heavy atom. The van der Waals surface area contributed by atoms with Gasteiger partial charge >= 0.3 is 0 Å². The molecule has 2 aromatic rings. The molecule has 0 aromatic heterocycles. The summed E-state index contributed by atoms with van der Waals surface area (Å²) in [5, 5.41) is 0. The zero-order valence-corrected chi connectivity index (χ0v) is 24.3. The second-order valence-electron chi connectivity index (χ2n) is 12.0. The number of hydrogen-bond acceptors (Lipinski definition) is 3. The first-order valence-electron chi connectivity index (χ1n) is 14.5. The van der Waals surface area contributed by atoms with Crippen LogP contribution in [0, 0.1) is 18.7 Å². The summed E-state index contributed by atoms with van der Waals surface area (Å²) in [4.78, 5) is 6.43. The summed E-state index contributed by atoms with van der Waals surface area (Å²) >= 11 is 0. The Balaban J connectivity index is 1.33. The van der Waals surface area contributed by atoms with Crippen LogP contribution in [0.1, 0.15) is 69.0 Å². The van der Waals surface area contributed by atoms with Crippen molar-refractivity contribution in [2.75, 3.05) is 26.2 Å². The standard InChI is InChI=1S/C33H46FN3S/c1-25-9-19-32(20-10-25)38(4,5)37-31(7-6-8-33(37)29-14-16-30(34)17-15-29)18-11-26(2)36-22-21-35(23-27(36)3)24-28-12-13-28/h9-10,14-17,19-20,27-28,31,33H,2,4-8,11-13,18,21-24H2,1,3H3/t27?,31-,33+/m1/s1. The van der Waals surface area contributed by atoms with Gasteiger partial charge in [-0.15, -0.1) is 9.39 Å². The van der Waals surface area contributed by atoms with Crippen LogP contribution >= 0.6 is 9.39 Å². The Kier molecular flexibility index (Phi) is 8.37. The van der Waals surface area contributed by atoms with Gasteiger partial charge in [0.15, 0.2) is 0 Å². The third-order valence-electron chi connectivity index (χ3n) is 8.90. The van der Waals surface area contributed by atoms with Gasteiger partial charge in [-0.25, -0.2) is 8.70 Å². The number of benzene rings is 2. The maximum Gasteiger partial charge on any atom is 0.123 e. The lowest BCUT2D eigenvalue weighted by Gasteiger charge is -2.47. The topological polar surface area (TPSA) is 9.72 Å². The molecular formula is C33H46FN3S. The summed E-state index contributed by atoms with van der Waals surface area (Å²) < 4.78 is 16.4. The molecule has 0 N–H and O–H groups in total. The number of aryl methyl sites for hydroxylation is 1. The molecule has 3 nitrogen and oxygen atoms in total. The molecule has 0 bridgehead atoms. The molecule has 3 aliphatic rings. The van der Waals surface area contributed by atoms with Crippen molar-refractivity contribution in [1.82, 2.24) is 14.1 Å². The first kappa shape index (κ1) is 27.5. The Bertz CT molecular complexity index is 1200. The number of piperidine rings is 1. The number of halogens is 1. The molecule has 5 heteroatoms. The van der Waals surface area contributed by atoms with Gasteiger partial charge < -0.3 is 4.90 Å². The molecule has 206 valence electrons. The molecular weight excluding hydrogens is 489 g/mol. The molecule has 0 radical (unpaired) electrons. The smallest absolute Gasteiger partial charge is 0.123 e. The van der Waals surface area contributed by atoms with E-state index in [1.807, 2.05) is 12.1 Å². The fourth-order valence-corrected chi connectivity index (χ4v) is 8.96. The van der Waals surface area contributed by atoms with Gasteiger partial charge in [0.25, 0.3) is 0 Å². The number of nitrogens with zero attached hydrogens (tertiary/aromatic N) is 3. The monoisotopic (exact) mass is 535 g/mol. The molecule has 1 unspecified atom stereocenters. The minimum atomic E-state index is -1.74. The van der Waals surface area contributed by atoms with Gasteiger partial charge in [-0.05, 0) is 94.5 Å². The quantitative estimate of drug-likeness (QED) is 0.310. The van der Waals surface area contributed by atoms with E-state index in [1.54, 1.807) is 12.1 Å². The van der Waals surface area contributed by atoms with Crippen molar-refractivity contribution in [2.24, 2.45) is 5.92 Å². The van der Waals surface area contributed by atoms with E-state index in [0.717, 1.165) is 57.7 Å². The van der Waals surface area contributed by atoms with Gasteiger partial charge in [-0.1, -0.05) is 48.1 Å². The van der Waals surface area contributed by atoms with E-state index in [1.165, 1.54) is 41.1 Å². The van der Waals surface area contributed by atoms with Crippen LogP contribution in [-0.2, 0) is 0 Å². The van der Waals surface area contributed by atoms with Gasteiger partial charge in [0, 0.05) is 54.9 Å². The third-order valence-corrected chi connectivity index (χ3v) is 11.4. The molecule has 1 saturated carbocycles. The highest BCUT2D eigenvalue weighted by atomic mass is 32.2. The Morgan fingerprint density at radius 1 is 0.974 bits per heavy atom. The van der Waals surface area contributed by atoms with Crippen molar-refractivity contribution in [3.63, 3.8) is 0 Å². The van der Waals surface area contributed by atoms with Crippen LogP contribution in [0.5, 0.6) is 0 Å². The fraction of sp³-hybridized carbons (Fsp3) is 0.515. The maximum atomic E-state index is 13.8. The highest BCUT2D eigenvalue weighted by Gasteiger charge is 2.35. The zero-order valence-electron chi connectivity index (χ0n) is 23.5. The lowest BCUT2D eigenvalue weighted by molar-refractivity contribution is 0.102. The molecule has 3 fully saturated rings. The van der Waals surface area contributed by atoms with Crippen LogP contribution < -0.4 is 0 Å². The van der Waals surface area contributed by atoms with Crippen molar-refractivity contribution in [3.05, 3.63) is 77.8 Å². The summed E-state index contributed by atoms with van der Waals surface area (Å²) in [5.74, 6) is 10.3. The maximum absolute atomic E-state index is 13.8. The van der Waals surface area contributed by atoms with E-state index >= 15 is 0 Å². The predicted octanol–water partition coefficient (Wildman–Crippen LogP) is 7.38. The largest absolute Gasteiger partial charge is 0.370 e. The molecule has 0 spiro atoms. The van der Waals surface area contributed by atoms with Crippen LogP contribution in [0.25, 0.3) is 0 Å². The molecule has 3 atom stereocenters. The van der Waals surface area contributed by atoms with Crippen LogP contribution in [0.15, 0.2) is 65.7 Å². The third kappa shape index (κ3) is 6.21. The average Bonchev–Trinajstić information content (AvgIpc) is 3.72. The van der Waals surface area contributed by atoms with Crippen molar-refractivity contribution >= 4 is 21.1 Å². The summed E-state index contributed by atoms with van der Waals surface area (Å²) in [7, 11) is -1.74. The van der Waals surface area contributed by atoms with E-state index in [-0.39, 0.29) is 11.9 Å². The van der Waals surface area contributed by atoms with Crippen molar-refractivity contribution in [1.29, 1.82) is 0 Å². The number of rotatable bonds is 9. The van der Waals surface area contributed by atoms with Crippen LogP contribution in [0.4, 0.5) is 4.39 Å². The normalized spacial score (nSPS) is 25.4. The van der Waals surface area contributed by atoms with Crippen molar-refractivity contribution in [2.45, 2.75) is 81.8 Å². The van der Waals surface area contributed by atoms with Gasteiger partial charge in [0.2, 0.25) is 0 Å². The molecule has 0 amide bonds.